The van der Waals surface area contributed by atoms with E-state index in [9.17, 15) is 4.79 Å². The van der Waals surface area contributed by atoms with Crippen molar-refractivity contribution in [1.29, 1.82) is 0 Å². The normalized spacial score (nSPS) is 11.2. The molecule has 0 aliphatic heterocycles. The largest absolute Gasteiger partial charge is 0.468 e. The summed E-state index contributed by atoms with van der Waals surface area (Å²) >= 11 is 1.49. The van der Waals surface area contributed by atoms with Crippen LogP contribution in [0.1, 0.15) is 5.76 Å². The maximum Gasteiger partial charge on any atom is 0.417 e. The maximum absolute atomic E-state index is 11.1. The fourth-order valence-electron chi connectivity index (χ4n) is 1.68. The van der Waals surface area contributed by atoms with Crippen LogP contribution in [0, 0.1) is 6.92 Å². The average Bonchev–Trinajstić information content (AvgIpc) is 2.85. The van der Waals surface area contributed by atoms with Crippen LogP contribution in [0.4, 0.5) is 5.69 Å². The smallest absolute Gasteiger partial charge is 0.417 e. The van der Waals surface area contributed by atoms with Crippen molar-refractivity contribution in [2.45, 2.75) is 16.7 Å². The van der Waals surface area contributed by atoms with E-state index in [1.54, 1.807) is 18.4 Å². The van der Waals surface area contributed by atoms with Gasteiger partial charge in [0.15, 0.2) is 5.58 Å². The number of aryl methyl sites for hydroxylation is 1. The molecular weight excluding hydrogens is 252 g/mol. The number of nitrogen functional groups attached to an aromatic ring is 1. The van der Waals surface area contributed by atoms with Gasteiger partial charge in [-0.1, -0.05) is 11.8 Å². The lowest BCUT2D eigenvalue weighted by atomic mass is 10.3. The van der Waals surface area contributed by atoms with E-state index >= 15 is 0 Å². The van der Waals surface area contributed by atoms with Crippen LogP contribution >= 0.6 is 11.8 Å². The minimum Gasteiger partial charge on any atom is -0.468 e. The van der Waals surface area contributed by atoms with Crippen LogP contribution in [-0.2, 0) is 0 Å². The first-order valence-electron chi connectivity index (χ1n) is 5.28. The topological polar surface area (TPSA) is 85.2 Å². The highest BCUT2D eigenvalue weighted by Gasteiger charge is 2.10. The molecule has 3 aromatic rings. The molecule has 3 N–H and O–H groups in total. The van der Waals surface area contributed by atoms with Gasteiger partial charge in [0.25, 0.3) is 0 Å². The molecule has 0 spiro atoms. The lowest BCUT2D eigenvalue weighted by Gasteiger charge is -2.03. The van der Waals surface area contributed by atoms with Crippen molar-refractivity contribution < 1.29 is 8.83 Å². The summed E-state index contributed by atoms with van der Waals surface area (Å²) in [6, 6.07) is 5.32. The molecule has 1 aromatic carbocycles. The molecule has 3 rings (SSSR count). The van der Waals surface area contributed by atoms with E-state index in [0.717, 1.165) is 15.6 Å². The Hall–Kier alpha value is -2.08. The van der Waals surface area contributed by atoms with Crippen molar-refractivity contribution in [2.75, 3.05) is 5.73 Å². The fourth-order valence-corrected chi connectivity index (χ4v) is 2.59. The number of hydrogen-bond acceptors (Lipinski definition) is 5. The summed E-state index contributed by atoms with van der Waals surface area (Å²) in [5.41, 5.74) is 7.60. The van der Waals surface area contributed by atoms with E-state index in [2.05, 4.69) is 4.98 Å². The third-order valence-electron chi connectivity index (χ3n) is 2.58. The number of rotatable bonds is 2. The third kappa shape index (κ3) is 1.80. The molecular formula is C12H10N2O3S. The number of benzene rings is 1. The number of fused-ring (bicyclic) bond motifs is 1. The summed E-state index contributed by atoms with van der Waals surface area (Å²) in [5, 5.41) is 0. The number of H-pyrrole nitrogens is 1. The maximum atomic E-state index is 11.1. The number of nitrogens with one attached hydrogen (secondary N) is 1. The Morgan fingerprint density at radius 2 is 2.17 bits per heavy atom. The van der Waals surface area contributed by atoms with E-state index in [1.165, 1.54) is 11.8 Å². The lowest BCUT2D eigenvalue weighted by Crippen LogP contribution is -1.93. The SMILES string of the molecule is Cc1occc1Sc1cc2[nH]c(=O)oc2cc1N. The Labute approximate surface area is 106 Å². The van der Waals surface area contributed by atoms with Crippen LogP contribution in [0.5, 0.6) is 0 Å². The van der Waals surface area contributed by atoms with E-state index in [-0.39, 0.29) is 0 Å². The zero-order valence-corrected chi connectivity index (χ0v) is 10.3. The number of anilines is 1. The molecule has 0 saturated carbocycles. The quantitative estimate of drug-likeness (QED) is 0.693. The molecule has 0 saturated heterocycles. The summed E-state index contributed by atoms with van der Waals surface area (Å²) < 4.78 is 10.2. The standard InChI is InChI=1S/C12H10N2O3S/c1-6-10(2-3-16-6)18-11-5-8-9(4-7(11)13)17-12(15)14-8/h2-5H,13H2,1H3,(H,14,15). The van der Waals surface area contributed by atoms with Crippen LogP contribution in [0.2, 0.25) is 0 Å². The average molecular weight is 262 g/mol. The van der Waals surface area contributed by atoms with Gasteiger partial charge in [0.2, 0.25) is 0 Å². The van der Waals surface area contributed by atoms with Gasteiger partial charge in [-0.05, 0) is 19.1 Å². The third-order valence-corrected chi connectivity index (χ3v) is 3.80. The van der Waals surface area contributed by atoms with Gasteiger partial charge in [-0.15, -0.1) is 0 Å². The summed E-state index contributed by atoms with van der Waals surface area (Å²) in [6.07, 6.45) is 1.63. The van der Waals surface area contributed by atoms with E-state index in [4.69, 9.17) is 14.6 Å². The lowest BCUT2D eigenvalue weighted by molar-refractivity contribution is 0.527. The number of nitrogens with two attached hydrogens (primary N) is 1. The second kappa shape index (κ2) is 3.99. The van der Waals surface area contributed by atoms with Gasteiger partial charge in [0.1, 0.15) is 5.76 Å². The Morgan fingerprint density at radius 1 is 1.33 bits per heavy atom. The van der Waals surface area contributed by atoms with Crippen LogP contribution in [0.15, 0.2) is 47.9 Å². The molecule has 2 aromatic heterocycles. The molecule has 5 nitrogen and oxygen atoms in total. The van der Waals surface area contributed by atoms with Crippen LogP contribution in [0.25, 0.3) is 11.1 Å². The van der Waals surface area contributed by atoms with E-state index < -0.39 is 5.76 Å². The molecule has 0 fully saturated rings. The first kappa shape index (κ1) is 11.0. The fraction of sp³-hybridized carbons (Fsp3) is 0.0833. The van der Waals surface area contributed by atoms with Crippen molar-refractivity contribution in [1.82, 2.24) is 4.98 Å². The molecule has 0 radical (unpaired) electrons. The van der Waals surface area contributed by atoms with Gasteiger partial charge in [0.05, 0.1) is 16.7 Å². The predicted octanol–water partition coefficient (Wildman–Crippen LogP) is 2.76. The minimum atomic E-state index is -0.481. The van der Waals surface area contributed by atoms with Crippen LogP contribution in [-0.4, -0.2) is 4.98 Å². The van der Waals surface area contributed by atoms with Crippen molar-refractivity contribution in [3.8, 4) is 0 Å². The second-order valence-electron chi connectivity index (χ2n) is 3.84. The molecule has 0 aliphatic rings. The first-order valence-corrected chi connectivity index (χ1v) is 6.09. The van der Waals surface area contributed by atoms with Crippen molar-refractivity contribution in [2.24, 2.45) is 0 Å². The highest BCUT2D eigenvalue weighted by Crippen LogP contribution is 2.36. The second-order valence-corrected chi connectivity index (χ2v) is 4.93. The Morgan fingerprint density at radius 3 is 2.89 bits per heavy atom. The predicted molar refractivity (Wildman–Crippen MR) is 68.8 cm³/mol. The Bertz CT molecular complexity index is 769. The van der Waals surface area contributed by atoms with Gasteiger partial charge >= 0.3 is 5.76 Å². The molecule has 0 bridgehead atoms. The summed E-state index contributed by atoms with van der Waals surface area (Å²) in [7, 11) is 0. The Balaban J connectivity index is 2.08. The highest BCUT2D eigenvalue weighted by atomic mass is 32.2. The summed E-state index contributed by atoms with van der Waals surface area (Å²) in [5.74, 6) is 0.353. The molecule has 92 valence electrons. The molecule has 0 amide bonds. The number of aromatic amines is 1. The Kier molecular flexibility index (Phi) is 2.45. The molecule has 2 heterocycles. The van der Waals surface area contributed by atoms with Gasteiger partial charge < -0.3 is 14.6 Å². The highest BCUT2D eigenvalue weighted by molar-refractivity contribution is 7.99. The van der Waals surface area contributed by atoms with Gasteiger partial charge in [0, 0.05) is 16.6 Å². The molecule has 0 unspecified atom stereocenters. The van der Waals surface area contributed by atoms with Crippen molar-refractivity contribution in [3.63, 3.8) is 0 Å². The summed E-state index contributed by atoms with van der Waals surface area (Å²) in [4.78, 5) is 15.5. The zero-order chi connectivity index (χ0) is 12.7. The summed E-state index contributed by atoms with van der Waals surface area (Å²) in [6.45, 7) is 1.89. The molecule has 0 atom stereocenters. The minimum absolute atomic E-state index is 0.464. The van der Waals surface area contributed by atoms with Gasteiger partial charge in [-0.3, -0.25) is 4.98 Å². The van der Waals surface area contributed by atoms with Gasteiger partial charge in [-0.2, -0.15) is 0 Å². The zero-order valence-electron chi connectivity index (χ0n) is 9.52. The number of hydrogen-bond donors (Lipinski definition) is 2. The van der Waals surface area contributed by atoms with E-state index in [0.29, 0.717) is 16.8 Å². The monoisotopic (exact) mass is 262 g/mol. The van der Waals surface area contributed by atoms with Crippen LogP contribution in [0.3, 0.4) is 0 Å². The van der Waals surface area contributed by atoms with Crippen LogP contribution < -0.4 is 11.5 Å². The molecule has 18 heavy (non-hydrogen) atoms. The first-order chi connectivity index (χ1) is 8.63. The van der Waals surface area contributed by atoms with Gasteiger partial charge in [-0.25, -0.2) is 4.79 Å². The molecule has 0 aliphatic carbocycles. The number of aromatic nitrogens is 1. The molecule has 6 heteroatoms. The number of oxazole rings is 1. The van der Waals surface area contributed by atoms with Crippen molar-refractivity contribution in [3.05, 3.63) is 40.8 Å². The van der Waals surface area contributed by atoms with E-state index in [1.807, 2.05) is 13.0 Å². The number of furan rings is 1. The van der Waals surface area contributed by atoms with Crippen molar-refractivity contribution >= 4 is 28.5 Å².